The van der Waals surface area contributed by atoms with E-state index >= 15 is 0 Å². The van der Waals surface area contributed by atoms with Gasteiger partial charge < -0.3 is 10.5 Å². The standard InChI is InChI=1S/C13H18BrNO/c14-11-7-4-8-12(15)13(11)16-9-10-5-2-1-3-6-10/h4,7-8,10H,1-3,5-6,9,15H2. The Hall–Kier alpha value is -0.700. The fraction of sp³-hybridized carbons (Fsp3) is 0.538. The van der Waals surface area contributed by atoms with Crippen LogP contribution < -0.4 is 10.5 Å². The Morgan fingerprint density at radius 2 is 2.00 bits per heavy atom. The molecule has 0 atom stereocenters. The van der Waals surface area contributed by atoms with Crippen molar-refractivity contribution in [2.24, 2.45) is 5.92 Å². The highest BCUT2D eigenvalue weighted by molar-refractivity contribution is 9.10. The molecule has 1 fully saturated rings. The van der Waals surface area contributed by atoms with E-state index in [0.29, 0.717) is 11.6 Å². The number of halogens is 1. The number of hydrogen-bond donors (Lipinski definition) is 1. The van der Waals surface area contributed by atoms with Crippen LogP contribution in [0, 0.1) is 5.92 Å². The summed E-state index contributed by atoms with van der Waals surface area (Å²) in [4.78, 5) is 0. The van der Waals surface area contributed by atoms with Gasteiger partial charge in [0.25, 0.3) is 0 Å². The molecule has 16 heavy (non-hydrogen) atoms. The summed E-state index contributed by atoms with van der Waals surface area (Å²) in [7, 11) is 0. The van der Waals surface area contributed by atoms with Crippen LogP contribution in [-0.4, -0.2) is 6.61 Å². The second kappa shape index (κ2) is 5.58. The van der Waals surface area contributed by atoms with Gasteiger partial charge in [-0.15, -0.1) is 0 Å². The van der Waals surface area contributed by atoms with E-state index in [1.54, 1.807) is 0 Å². The van der Waals surface area contributed by atoms with Crippen molar-refractivity contribution >= 4 is 21.6 Å². The summed E-state index contributed by atoms with van der Waals surface area (Å²) in [5.74, 6) is 1.51. The molecule has 0 aromatic heterocycles. The van der Waals surface area contributed by atoms with Crippen molar-refractivity contribution in [1.29, 1.82) is 0 Å². The van der Waals surface area contributed by atoms with Crippen LogP contribution in [0.2, 0.25) is 0 Å². The van der Waals surface area contributed by atoms with Gasteiger partial charge in [-0.2, -0.15) is 0 Å². The van der Waals surface area contributed by atoms with Crippen molar-refractivity contribution in [2.45, 2.75) is 32.1 Å². The first-order valence-corrected chi connectivity index (χ1v) is 6.73. The fourth-order valence-electron chi connectivity index (χ4n) is 2.23. The van der Waals surface area contributed by atoms with Crippen LogP contribution in [0.4, 0.5) is 5.69 Å². The lowest BCUT2D eigenvalue weighted by Gasteiger charge is -2.22. The summed E-state index contributed by atoms with van der Waals surface area (Å²) in [5, 5.41) is 0. The summed E-state index contributed by atoms with van der Waals surface area (Å²) in [6, 6.07) is 5.76. The third-order valence-electron chi connectivity index (χ3n) is 3.19. The van der Waals surface area contributed by atoms with Gasteiger partial charge in [-0.1, -0.05) is 25.3 Å². The third kappa shape index (κ3) is 2.91. The van der Waals surface area contributed by atoms with E-state index in [-0.39, 0.29) is 0 Å². The molecular formula is C13H18BrNO. The smallest absolute Gasteiger partial charge is 0.156 e. The number of anilines is 1. The maximum absolute atomic E-state index is 5.88. The molecular weight excluding hydrogens is 266 g/mol. The van der Waals surface area contributed by atoms with Crippen LogP contribution in [0.25, 0.3) is 0 Å². The molecule has 0 aliphatic heterocycles. The van der Waals surface area contributed by atoms with Gasteiger partial charge >= 0.3 is 0 Å². The SMILES string of the molecule is Nc1cccc(Br)c1OCC1CCCCC1. The van der Waals surface area contributed by atoms with Crippen molar-refractivity contribution in [1.82, 2.24) is 0 Å². The Bertz CT molecular complexity index is 328. The van der Waals surface area contributed by atoms with E-state index in [4.69, 9.17) is 10.5 Å². The van der Waals surface area contributed by atoms with Crippen LogP contribution >= 0.6 is 15.9 Å². The van der Waals surface area contributed by atoms with Crippen LogP contribution in [0.3, 0.4) is 0 Å². The Balaban J connectivity index is 1.93. The topological polar surface area (TPSA) is 35.2 Å². The highest BCUT2D eigenvalue weighted by Crippen LogP contribution is 2.32. The second-order valence-corrected chi connectivity index (χ2v) is 5.33. The molecule has 1 aromatic carbocycles. The van der Waals surface area contributed by atoms with Crippen LogP contribution in [0.15, 0.2) is 22.7 Å². The molecule has 1 aliphatic carbocycles. The first-order valence-electron chi connectivity index (χ1n) is 5.94. The van der Waals surface area contributed by atoms with Crippen molar-refractivity contribution in [3.63, 3.8) is 0 Å². The summed E-state index contributed by atoms with van der Waals surface area (Å²) in [6.45, 7) is 0.798. The molecule has 0 amide bonds. The predicted molar refractivity (Wildman–Crippen MR) is 70.6 cm³/mol. The van der Waals surface area contributed by atoms with Gasteiger partial charge in [0, 0.05) is 0 Å². The molecule has 0 heterocycles. The zero-order chi connectivity index (χ0) is 11.4. The molecule has 0 bridgehead atoms. The summed E-state index contributed by atoms with van der Waals surface area (Å²) in [6.07, 6.45) is 6.67. The van der Waals surface area contributed by atoms with Crippen LogP contribution in [0.1, 0.15) is 32.1 Å². The molecule has 1 aliphatic rings. The fourth-order valence-corrected chi connectivity index (χ4v) is 2.73. The van der Waals surface area contributed by atoms with Crippen LogP contribution in [-0.2, 0) is 0 Å². The zero-order valence-electron chi connectivity index (χ0n) is 9.42. The molecule has 0 saturated heterocycles. The molecule has 2 rings (SSSR count). The molecule has 0 radical (unpaired) electrons. The number of nitrogens with two attached hydrogens (primary N) is 1. The third-order valence-corrected chi connectivity index (χ3v) is 3.81. The van der Waals surface area contributed by atoms with Crippen molar-refractivity contribution in [3.05, 3.63) is 22.7 Å². The maximum atomic E-state index is 5.88. The number of hydrogen-bond acceptors (Lipinski definition) is 2. The Labute approximate surface area is 105 Å². The Morgan fingerprint density at radius 1 is 1.25 bits per heavy atom. The minimum absolute atomic E-state index is 0.709. The monoisotopic (exact) mass is 283 g/mol. The van der Waals surface area contributed by atoms with Gasteiger partial charge in [0.05, 0.1) is 16.8 Å². The minimum atomic E-state index is 0.709. The van der Waals surface area contributed by atoms with Crippen molar-refractivity contribution in [2.75, 3.05) is 12.3 Å². The van der Waals surface area contributed by atoms with Gasteiger partial charge in [-0.25, -0.2) is 0 Å². The van der Waals surface area contributed by atoms with Gasteiger partial charge in [0.15, 0.2) is 5.75 Å². The van der Waals surface area contributed by atoms with Gasteiger partial charge in [-0.3, -0.25) is 0 Å². The zero-order valence-corrected chi connectivity index (χ0v) is 11.0. The number of rotatable bonds is 3. The molecule has 0 spiro atoms. The minimum Gasteiger partial charge on any atom is -0.490 e. The lowest BCUT2D eigenvalue weighted by atomic mass is 9.90. The normalized spacial score (nSPS) is 17.3. The summed E-state index contributed by atoms with van der Waals surface area (Å²) in [5.41, 5.74) is 6.60. The summed E-state index contributed by atoms with van der Waals surface area (Å²) < 4.78 is 6.78. The molecule has 2 nitrogen and oxygen atoms in total. The van der Waals surface area contributed by atoms with E-state index in [2.05, 4.69) is 15.9 Å². The predicted octanol–water partition coefficient (Wildman–Crippen LogP) is 3.99. The lowest BCUT2D eigenvalue weighted by molar-refractivity contribution is 0.209. The highest BCUT2D eigenvalue weighted by Gasteiger charge is 2.15. The van der Waals surface area contributed by atoms with Crippen LogP contribution in [0.5, 0.6) is 5.75 Å². The van der Waals surface area contributed by atoms with Gasteiger partial charge in [0.1, 0.15) is 0 Å². The average molecular weight is 284 g/mol. The molecule has 3 heteroatoms. The number of ether oxygens (including phenoxy) is 1. The molecule has 2 N–H and O–H groups in total. The first kappa shape index (κ1) is 11.8. The Morgan fingerprint density at radius 3 is 2.69 bits per heavy atom. The second-order valence-electron chi connectivity index (χ2n) is 4.47. The quantitative estimate of drug-likeness (QED) is 0.852. The summed E-state index contributed by atoms with van der Waals surface area (Å²) >= 11 is 3.47. The average Bonchev–Trinajstić information content (AvgIpc) is 2.30. The number of para-hydroxylation sites is 1. The van der Waals surface area contributed by atoms with Crippen molar-refractivity contribution < 1.29 is 4.74 Å². The van der Waals surface area contributed by atoms with Gasteiger partial charge in [0.2, 0.25) is 0 Å². The van der Waals surface area contributed by atoms with Crippen molar-refractivity contribution in [3.8, 4) is 5.75 Å². The molecule has 1 saturated carbocycles. The molecule has 0 unspecified atom stereocenters. The molecule has 88 valence electrons. The van der Waals surface area contributed by atoms with E-state index in [9.17, 15) is 0 Å². The number of benzene rings is 1. The Kier molecular flexibility index (Phi) is 4.10. The number of nitrogen functional groups attached to an aromatic ring is 1. The maximum Gasteiger partial charge on any atom is 0.156 e. The van der Waals surface area contributed by atoms with E-state index in [0.717, 1.165) is 16.8 Å². The highest BCUT2D eigenvalue weighted by atomic mass is 79.9. The van der Waals surface area contributed by atoms with E-state index in [1.165, 1.54) is 32.1 Å². The largest absolute Gasteiger partial charge is 0.490 e. The van der Waals surface area contributed by atoms with E-state index in [1.807, 2.05) is 18.2 Å². The molecule has 1 aromatic rings. The van der Waals surface area contributed by atoms with Gasteiger partial charge in [-0.05, 0) is 46.8 Å². The lowest BCUT2D eigenvalue weighted by Crippen LogP contribution is -2.15. The van der Waals surface area contributed by atoms with E-state index < -0.39 is 0 Å². The first-order chi connectivity index (χ1) is 7.77.